The SMILES string of the molecule is Cn1ccc(CNc2nc3cc(N)ccc3n3c(-c4ccc(C(=O)NC5CC5)cc4)cnc23)n1. The van der Waals surface area contributed by atoms with Gasteiger partial charge in [0, 0.05) is 36.1 Å². The van der Waals surface area contributed by atoms with E-state index < -0.39 is 0 Å². The van der Waals surface area contributed by atoms with Gasteiger partial charge in [-0.1, -0.05) is 12.1 Å². The van der Waals surface area contributed by atoms with Crippen LogP contribution in [-0.2, 0) is 13.6 Å². The monoisotopic (exact) mass is 452 g/mol. The van der Waals surface area contributed by atoms with Crippen molar-refractivity contribution in [1.29, 1.82) is 0 Å². The molecule has 0 atom stereocenters. The second-order valence-corrected chi connectivity index (χ2v) is 8.67. The van der Waals surface area contributed by atoms with Crippen LogP contribution in [0.15, 0.2) is 60.9 Å². The Morgan fingerprint density at radius 1 is 1.15 bits per heavy atom. The van der Waals surface area contributed by atoms with E-state index >= 15 is 0 Å². The lowest BCUT2D eigenvalue weighted by Gasteiger charge is -2.12. The molecule has 1 saturated carbocycles. The predicted octanol–water partition coefficient (Wildman–Crippen LogP) is 3.37. The van der Waals surface area contributed by atoms with Gasteiger partial charge in [-0.15, -0.1) is 0 Å². The highest BCUT2D eigenvalue weighted by molar-refractivity contribution is 5.95. The lowest BCUT2D eigenvalue weighted by atomic mass is 10.1. The number of fused-ring (bicyclic) bond motifs is 3. The molecule has 1 aliphatic rings. The van der Waals surface area contributed by atoms with Crippen LogP contribution in [0.3, 0.4) is 0 Å². The number of amides is 1. The summed E-state index contributed by atoms with van der Waals surface area (Å²) in [7, 11) is 1.89. The average Bonchev–Trinajstić information content (AvgIpc) is 3.37. The molecule has 9 nitrogen and oxygen atoms in total. The van der Waals surface area contributed by atoms with Crippen molar-refractivity contribution in [3.8, 4) is 11.3 Å². The van der Waals surface area contributed by atoms with Crippen LogP contribution >= 0.6 is 0 Å². The van der Waals surface area contributed by atoms with Crippen molar-refractivity contribution in [2.75, 3.05) is 11.1 Å². The number of rotatable bonds is 6. The van der Waals surface area contributed by atoms with Gasteiger partial charge in [-0.05, 0) is 49.2 Å². The lowest BCUT2D eigenvalue weighted by molar-refractivity contribution is 0.0951. The Morgan fingerprint density at radius 2 is 1.97 bits per heavy atom. The highest BCUT2D eigenvalue weighted by Crippen LogP contribution is 2.30. The molecule has 170 valence electrons. The topological polar surface area (TPSA) is 115 Å². The first-order valence-corrected chi connectivity index (χ1v) is 11.3. The third kappa shape index (κ3) is 3.71. The van der Waals surface area contributed by atoms with Crippen LogP contribution in [0.1, 0.15) is 28.9 Å². The van der Waals surface area contributed by atoms with Gasteiger partial charge in [0.05, 0.1) is 35.2 Å². The lowest BCUT2D eigenvalue weighted by Crippen LogP contribution is -2.25. The molecule has 9 heteroatoms. The molecule has 0 aliphatic heterocycles. The highest BCUT2D eigenvalue weighted by atomic mass is 16.1. The summed E-state index contributed by atoms with van der Waals surface area (Å²) in [6.07, 6.45) is 5.86. The molecule has 6 rings (SSSR count). The number of nitrogens with two attached hydrogens (primary N) is 1. The van der Waals surface area contributed by atoms with Gasteiger partial charge in [0.2, 0.25) is 0 Å². The summed E-state index contributed by atoms with van der Waals surface area (Å²) in [5.41, 5.74) is 12.5. The fourth-order valence-corrected chi connectivity index (χ4v) is 4.10. The van der Waals surface area contributed by atoms with Crippen LogP contribution in [0.4, 0.5) is 11.5 Å². The standard InChI is InChI=1S/C25H24N8O/c1-32-11-10-19(31-32)13-27-23-24-28-14-22(33(24)21-9-6-17(26)12-20(21)30-23)15-2-4-16(5-3-15)25(34)29-18-7-8-18/h2-6,9-12,14,18H,7-8,13,26H2,1H3,(H,27,30)(H,29,34). The molecule has 0 saturated heterocycles. The number of imidazole rings is 1. The van der Waals surface area contributed by atoms with Crippen LogP contribution in [0.5, 0.6) is 0 Å². The van der Waals surface area contributed by atoms with Crippen molar-refractivity contribution in [3.05, 3.63) is 72.2 Å². The van der Waals surface area contributed by atoms with Crippen molar-refractivity contribution in [2.45, 2.75) is 25.4 Å². The zero-order chi connectivity index (χ0) is 23.2. The Labute approximate surface area is 195 Å². The Balaban J connectivity index is 1.41. The smallest absolute Gasteiger partial charge is 0.251 e. The van der Waals surface area contributed by atoms with E-state index in [9.17, 15) is 4.79 Å². The van der Waals surface area contributed by atoms with Crippen LogP contribution in [-0.4, -0.2) is 36.1 Å². The third-order valence-corrected chi connectivity index (χ3v) is 6.01. The van der Waals surface area contributed by atoms with Crippen molar-refractivity contribution >= 4 is 34.1 Å². The van der Waals surface area contributed by atoms with Gasteiger partial charge in [0.1, 0.15) is 0 Å². The molecular weight excluding hydrogens is 428 g/mol. The molecule has 0 radical (unpaired) electrons. The van der Waals surface area contributed by atoms with E-state index in [1.54, 1.807) is 4.68 Å². The van der Waals surface area contributed by atoms with Crippen LogP contribution in [0.25, 0.3) is 27.9 Å². The van der Waals surface area contributed by atoms with E-state index in [-0.39, 0.29) is 5.91 Å². The quantitative estimate of drug-likeness (QED) is 0.340. The number of nitrogen functional groups attached to an aromatic ring is 1. The van der Waals surface area contributed by atoms with E-state index in [2.05, 4.69) is 20.1 Å². The zero-order valence-corrected chi connectivity index (χ0v) is 18.7. The molecule has 0 unspecified atom stereocenters. The van der Waals surface area contributed by atoms with Crippen molar-refractivity contribution in [2.24, 2.45) is 7.05 Å². The van der Waals surface area contributed by atoms with Crippen molar-refractivity contribution in [3.63, 3.8) is 0 Å². The maximum absolute atomic E-state index is 12.4. The molecule has 3 aromatic heterocycles. The predicted molar refractivity (Wildman–Crippen MR) is 131 cm³/mol. The molecule has 1 amide bonds. The largest absolute Gasteiger partial charge is 0.399 e. The Morgan fingerprint density at radius 3 is 2.71 bits per heavy atom. The molecule has 2 aromatic carbocycles. The number of carbonyl (C=O) groups excluding carboxylic acids is 1. The first-order chi connectivity index (χ1) is 16.5. The van der Waals surface area contributed by atoms with Gasteiger partial charge >= 0.3 is 0 Å². The minimum atomic E-state index is -0.0293. The number of anilines is 2. The number of benzene rings is 2. The second kappa shape index (κ2) is 7.87. The molecule has 1 aliphatic carbocycles. The molecule has 4 N–H and O–H groups in total. The van der Waals surface area contributed by atoms with Gasteiger partial charge in [0.25, 0.3) is 5.91 Å². The first kappa shape index (κ1) is 20.2. The van der Waals surface area contributed by atoms with Crippen molar-refractivity contribution < 1.29 is 4.79 Å². The molecule has 0 bridgehead atoms. The molecule has 0 spiro atoms. The minimum absolute atomic E-state index is 0.0293. The maximum Gasteiger partial charge on any atom is 0.251 e. The number of carbonyl (C=O) groups is 1. The van der Waals surface area contributed by atoms with Gasteiger partial charge < -0.3 is 16.4 Å². The van der Waals surface area contributed by atoms with Gasteiger partial charge in [0.15, 0.2) is 11.5 Å². The fraction of sp³-hybridized carbons (Fsp3) is 0.200. The molecule has 3 heterocycles. The normalized spacial score (nSPS) is 13.4. The maximum atomic E-state index is 12.4. The van der Waals surface area contributed by atoms with E-state index in [0.717, 1.165) is 40.8 Å². The van der Waals surface area contributed by atoms with Crippen molar-refractivity contribution in [1.82, 2.24) is 29.5 Å². The average molecular weight is 453 g/mol. The van der Waals surface area contributed by atoms with E-state index in [1.807, 2.05) is 68.0 Å². The summed E-state index contributed by atoms with van der Waals surface area (Å²) < 4.78 is 3.84. The number of nitrogens with one attached hydrogen (secondary N) is 2. The molecular formula is C25H24N8O. The van der Waals surface area contributed by atoms with Crippen LogP contribution in [0, 0.1) is 0 Å². The summed E-state index contributed by atoms with van der Waals surface area (Å²) in [5, 5.41) is 10.8. The number of hydrogen-bond donors (Lipinski definition) is 3. The van der Waals surface area contributed by atoms with E-state index in [1.165, 1.54) is 0 Å². The van der Waals surface area contributed by atoms with Crippen LogP contribution < -0.4 is 16.4 Å². The van der Waals surface area contributed by atoms with Gasteiger partial charge in [-0.2, -0.15) is 5.10 Å². The third-order valence-electron chi connectivity index (χ3n) is 6.01. The summed E-state index contributed by atoms with van der Waals surface area (Å²) in [6, 6.07) is 15.6. The number of aryl methyl sites for hydroxylation is 1. The summed E-state index contributed by atoms with van der Waals surface area (Å²) >= 11 is 0. The van der Waals surface area contributed by atoms with Crippen LogP contribution in [0.2, 0.25) is 0 Å². The van der Waals surface area contributed by atoms with Gasteiger partial charge in [-0.3, -0.25) is 13.9 Å². The number of hydrogen-bond acceptors (Lipinski definition) is 6. The summed E-state index contributed by atoms with van der Waals surface area (Å²) in [5.74, 6) is 0.619. The number of aromatic nitrogens is 5. The Kier molecular flexibility index (Phi) is 4.68. The first-order valence-electron chi connectivity index (χ1n) is 11.3. The number of nitrogens with zero attached hydrogens (tertiary/aromatic N) is 5. The summed E-state index contributed by atoms with van der Waals surface area (Å²) in [6.45, 7) is 0.518. The minimum Gasteiger partial charge on any atom is -0.399 e. The second-order valence-electron chi connectivity index (χ2n) is 8.67. The molecule has 34 heavy (non-hydrogen) atoms. The molecule has 1 fully saturated rings. The zero-order valence-electron chi connectivity index (χ0n) is 18.7. The Bertz CT molecular complexity index is 1530. The highest BCUT2D eigenvalue weighted by Gasteiger charge is 2.24. The Hall–Kier alpha value is -4.40. The van der Waals surface area contributed by atoms with E-state index in [0.29, 0.717) is 35.3 Å². The fourth-order valence-electron chi connectivity index (χ4n) is 4.10. The summed E-state index contributed by atoms with van der Waals surface area (Å²) in [4.78, 5) is 21.9. The van der Waals surface area contributed by atoms with E-state index in [4.69, 9.17) is 15.7 Å². The molecule has 5 aromatic rings. The van der Waals surface area contributed by atoms with Gasteiger partial charge in [-0.25, -0.2) is 9.97 Å².